The van der Waals surface area contributed by atoms with E-state index < -0.39 is 0 Å². The zero-order valence-electron chi connectivity index (χ0n) is 10.3. The number of carbonyl (C=O) groups excluding carboxylic acids is 1. The molecule has 0 aliphatic rings. The third-order valence-corrected chi connectivity index (χ3v) is 2.09. The highest BCUT2D eigenvalue weighted by Gasteiger charge is 2.16. The molecule has 90 valence electrons. The van der Waals surface area contributed by atoms with Gasteiger partial charge in [0, 0.05) is 12.6 Å². The standard InChI is InChI=1S/C11H24N2O2/c1-9(2)13(7-5-6-12)11(14)8-15-10(3)4/h9-10H,5-8,12H2,1-4H3. The van der Waals surface area contributed by atoms with E-state index in [4.69, 9.17) is 10.5 Å². The molecule has 0 atom stereocenters. The van der Waals surface area contributed by atoms with Crippen molar-refractivity contribution in [1.29, 1.82) is 0 Å². The predicted molar refractivity (Wildman–Crippen MR) is 61.6 cm³/mol. The van der Waals surface area contributed by atoms with E-state index in [0.29, 0.717) is 13.1 Å². The van der Waals surface area contributed by atoms with E-state index >= 15 is 0 Å². The molecule has 0 rings (SSSR count). The van der Waals surface area contributed by atoms with Crippen molar-refractivity contribution in [2.45, 2.75) is 46.3 Å². The summed E-state index contributed by atoms with van der Waals surface area (Å²) in [7, 11) is 0. The number of hydrogen-bond acceptors (Lipinski definition) is 3. The summed E-state index contributed by atoms with van der Waals surface area (Å²) in [4.78, 5) is 13.6. The number of nitrogens with two attached hydrogens (primary N) is 1. The van der Waals surface area contributed by atoms with Gasteiger partial charge >= 0.3 is 0 Å². The molecule has 0 aliphatic heterocycles. The fraction of sp³-hybridized carbons (Fsp3) is 0.909. The van der Waals surface area contributed by atoms with Crippen LogP contribution in [0.4, 0.5) is 0 Å². The zero-order valence-corrected chi connectivity index (χ0v) is 10.3. The van der Waals surface area contributed by atoms with Crippen molar-refractivity contribution in [3.8, 4) is 0 Å². The van der Waals surface area contributed by atoms with Crippen molar-refractivity contribution < 1.29 is 9.53 Å². The van der Waals surface area contributed by atoms with Crippen LogP contribution in [-0.4, -0.2) is 42.6 Å². The molecular weight excluding hydrogens is 192 g/mol. The third kappa shape index (κ3) is 6.47. The molecule has 0 saturated carbocycles. The topological polar surface area (TPSA) is 55.6 Å². The molecule has 1 amide bonds. The van der Waals surface area contributed by atoms with Crippen LogP contribution in [0.15, 0.2) is 0 Å². The largest absolute Gasteiger partial charge is 0.369 e. The highest BCUT2D eigenvalue weighted by molar-refractivity contribution is 5.77. The van der Waals surface area contributed by atoms with Gasteiger partial charge in [0.2, 0.25) is 5.91 Å². The van der Waals surface area contributed by atoms with E-state index in [2.05, 4.69) is 0 Å². The molecule has 0 saturated heterocycles. The summed E-state index contributed by atoms with van der Waals surface area (Å²) in [5.41, 5.74) is 5.43. The Balaban J connectivity index is 4.05. The predicted octanol–water partition coefficient (Wildman–Crippen LogP) is 0.997. The van der Waals surface area contributed by atoms with Gasteiger partial charge in [-0.15, -0.1) is 0 Å². The normalized spacial score (nSPS) is 11.1. The minimum Gasteiger partial charge on any atom is -0.369 e. The van der Waals surface area contributed by atoms with Crippen LogP contribution in [0.5, 0.6) is 0 Å². The van der Waals surface area contributed by atoms with Gasteiger partial charge in [-0.05, 0) is 40.7 Å². The molecule has 2 N–H and O–H groups in total. The van der Waals surface area contributed by atoms with Gasteiger partial charge in [-0.3, -0.25) is 4.79 Å². The summed E-state index contributed by atoms with van der Waals surface area (Å²) in [6, 6.07) is 0.208. The Morgan fingerprint density at radius 2 is 1.93 bits per heavy atom. The summed E-state index contributed by atoms with van der Waals surface area (Å²) < 4.78 is 5.29. The lowest BCUT2D eigenvalue weighted by Gasteiger charge is -2.26. The quantitative estimate of drug-likeness (QED) is 0.690. The number of rotatable bonds is 7. The van der Waals surface area contributed by atoms with Crippen molar-refractivity contribution in [2.24, 2.45) is 5.73 Å². The highest BCUT2D eigenvalue weighted by Crippen LogP contribution is 2.01. The van der Waals surface area contributed by atoms with Crippen molar-refractivity contribution in [2.75, 3.05) is 19.7 Å². The maximum atomic E-state index is 11.8. The first-order valence-electron chi connectivity index (χ1n) is 5.60. The number of hydrogen-bond donors (Lipinski definition) is 1. The minimum atomic E-state index is 0.0483. The Labute approximate surface area is 92.8 Å². The molecule has 0 heterocycles. The second kappa shape index (κ2) is 7.65. The van der Waals surface area contributed by atoms with Crippen LogP contribution in [0.3, 0.4) is 0 Å². The summed E-state index contributed by atoms with van der Waals surface area (Å²) in [6.45, 7) is 9.35. The van der Waals surface area contributed by atoms with Crippen LogP contribution in [-0.2, 0) is 9.53 Å². The van der Waals surface area contributed by atoms with Crippen LogP contribution in [0.1, 0.15) is 34.1 Å². The molecule has 4 nitrogen and oxygen atoms in total. The van der Waals surface area contributed by atoms with E-state index in [1.165, 1.54) is 0 Å². The third-order valence-electron chi connectivity index (χ3n) is 2.09. The Bertz CT molecular complexity index is 181. The summed E-state index contributed by atoms with van der Waals surface area (Å²) in [5.74, 6) is 0.0483. The van der Waals surface area contributed by atoms with Crippen molar-refractivity contribution >= 4 is 5.91 Å². The molecule has 0 radical (unpaired) electrons. The Hall–Kier alpha value is -0.610. The first kappa shape index (κ1) is 14.4. The first-order chi connectivity index (χ1) is 6.99. The van der Waals surface area contributed by atoms with Crippen molar-refractivity contribution in [3.05, 3.63) is 0 Å². The minimum absolute atomic E-state index is 0.0483. The van der Waals surface area contributed by atoms with E-state index in [0.717, 1.165) is 6.42 Å². The molecular formula is C11H24N2O2. The van der Waals surface area contributed by atoms with Gasteiger partial charge in [0.1, 0.15) is 6.61 Å². The maximum absolute atomic E-state index is 11.8. The van der Waals surface area contributed by atoms with Gasteiger partial charge in [0.25, 0.3) is 0 Å². The Kier molecular flexibility index (Phi) is 7.34. The molecule has 0 fully saturated rings. The fourth-order valence-electron chi connectivity index (χ4n) is 1.25. The van der Waals surface area contributed by atoms with Crippen LogP contribution >= 0.6 is 0 Å². The molecule has 15 heavy (non-hydrogen) atoms. The number of carbonyl (C=O) groups is 1. The van der Waals surface area contributed by atoms with Gasteiger partial charge < -0.3 is 15.4 Å². The molecule has 0 aromatic heterocycles. The highest BCUT2D eigenvalue weighted by atomic mass is 16.5. The fourth-order valence-corrected chi connectivity index (χ4v) is 1.25. The monoisotopic (exact) mass is 216 g/mol. The molecule has 0 aromatic rings. The average Bonchev–Trinajstić information content (AvgIpc) is 2.14. The van der Waals surface area contributed by atoms with Gasteiger partial charge in [0.15, 0.2) is 0 Å². The lowest BCUT2D eigenvalue weighted by molar-refractivity contribution is -0.139. The van der Waals surface area contributed by atoms with E-state index in [-0.39, 0.29) is 24.7 Å². The van der Waals surface area contributed by atoms with Crippen LogP contribution < -0.4 is 5.73 Å². The lowest BCUT2D eigenvalue weighted by atomic mass is 10.3. The number of amides is 1. The number of ether oxygens (including phenoxy) is 1. The molecule has 4 heteroatoms. The summed E-state index contributed by atoms with van der Waals surface area (Å²) in [5, 5.41) is 0. The SMILES string of the molecule is CC(C)OCC(=O)N(CCCN)C(C)C. The zero-order chi connectivity index (χ0) is 11.8. The summed E-state index contributed by atoms with van der Waals surface area (Å²) in [6.07, 6.45) is 0.934. The molecule has 0 unspecified atom stereocenters. The molecule has 0 aromatic carbocycles. The molecule has 0 aliphatic carbocycles. The van der Waals surface area contributed by atoms with Gasteiger partial charge in [-0.2, -0.15) is 0 Å². The van der Waals surface area contributed by atoms with Gasteiger partial charge in [-0.25, -0.2) is 0 Å². The van der Waals surface area contributed by atoms with Gasteiger partial charge in [-0.1, -0.05) is 0 Å². The van der Waals surface area contributed by atoms with E-state index in [1.54, 1.807) is 0 Å². The van der Waals surface area contributed by atoms with E-state index in [9.17, 15) is 4.79 Å². The Morgan fingerprint density at radius 1 is 1.33 bits per heavy atom. The lowest BCUT2D eigenvalue weighted by Crippen LogP contribution is -2.41. The second-order valence-electron chi connectivity index (χ2n) is 4.18. The van der Waals surface area contributed by atoms with Crippen LogP contribution in [0.2, 0.25) is 0 Å². The molecule has 0 bridgehead atoms. The smallest absolute Gasteiger partial charge is 0.248 e. The Morgan fingerprint density at radius 3 is 2.33 bits per heavy atom. The van der Waals surface area contributed by atoms with Crippen molar-refractivity contribution in [1.82, 2.24) is 4.90 Å². The summed E-state index contributed by atoms with van der Waals surface area (Å²) >= 11 is 0. The second-order valence-corrected chi connectivity index (χ2v) is 4.18. The van der Waals surface area contributed by atoms with Crippen LogP contribution in [0, 0.1) is 0 Å². The average molecular weight is 216 g/mol. The van der Waals surface area contributed by atoms with Crippen molar-refractivity contribution in [3.63, 3.8) is 0 Å². The number of nitrogens with zero attached hydrogens (tertiary/aromatic N) is 1. The van der Waals surface area contributed by atoms with E-state index in [1.807, 2.05) is 32.6 Å². The van der Waals surface area contributed by atoms with Crippen LogP contribution in [0.25, 0.3) is 0 Å². The maximum Gasteiger partial charge on any atom is 0.248 e. The first-order valence-corrected chi connectivity index (χ1v) is 5.60. The van der Waals surface area contributed by atoms with Gasteiger partial charge in [0.05, 0.1) is 6.10 Å². The molecule has 0 spiro atoms.